The summed E-state index contributed by atoms with van der Waals surface area (Å²) in [5.41, 5.74) is -0.935. The Morgan fingerprint density at radius 1 is 1.37 bits per heavy atom. The molecule has 1 fully saturated rings. The fourth-order valence-electron chi connectivity index (χ4n) is 2.30. The topological polar surface area (TPSA) is 43.8 Å². The molecule has 1 aliphatic rings. The van der Waals surface area contributed by atoms with Crippen molar-refractivity contribution in [3.05, 3.63) is 34.9 Å². The molecule has 0 aromatic heterocycles. The zero-order valence-electron chi connectivity index (χ0n) is 11.1. The third-order valence-electron chi connectivity index (χ3n) is 3.58. The number of β-amino-alcohol motifs (C(OH)–C–C–N with tert-alkyl or cyclic N) is 1. The standard InChI is InChI=1S/C14H19ClN2O2/c1-16-5-7-17(8-6-16)10-14(19,11-18)12-3-2-4-13(15)9-12/h2-4,9,11,19H,5-8,10H2,1H3. The van der Waals surface area contributed by atoms with Crippen LogP contribution in [0.1, 0.15) is 5.56 Å². The van der Waals surface area contributed by atoms with Gasteiger partial charge in [0.05, 0.1) is 0 Å². The van der Waals surface area contributed by atoms with E-state index in [4.69, 9.17) is 11.6 Å². The molecule has 1 N–H and O–H groups in total. The zero-order chi connectivity index (χ0) is 13.9. The maximum absolute atomic E-state index is 11.3. The molecule has 1 heterocycles. The fourth-order valence-corrected chi connectivity index (χ4v) is 2.49. The summed E-state index contributed by atoms with van der Waals surface area (Å²) in [6, 6.07) is 6.85. The molecule has 19 heavy (non-hydrogen) atoms. The molecule has 1 atom stereocenters. The van der Waals surface area contributed by atoms with Crippen molar-refractivity contribution >= 4 is 17.9 Å². The number of aldehydes is 1. The molecule has 1 aliphatic heterocycles. The van der Waals surface area contributed by atoms with E-state index < -0.39 is 5.60 Å². The number of benzene rings is 1. The summed E-state index contributed by atoms with van der Waals surface area (Å²) in [6.07, 6.45) is 0.608. The second-order valence-corrected chi connectivity index (χ2v) is 5.57. The highest BCUT2D eigenvalue weighted by Gasteiger charge is 2.32. The molecule has 0 bridgehead atoms. The second-order valence-electron chi connectivity index (χ2n) is 5.13. The van der Waals surface area contributed by atoms with E-state index in [2.05, 4.69) is 16.8 Å². The number of carbonyl (C=O) groups excluding carboxylic acids is 1. The van der Waals surface area contributed by atoms with Crippen LogP contribution in [0, 0.1) is 0 Å². The van der Waals surface area contributed by atoms with Crippen molar-refractivity contribution in [1.29, 1.82) is 0 Å². The van der Waals surface area contributed by atoms with E-state index in [0.29, 0.717) is 23.4 Å². The Hall–Kier alpha value is -0.940. The van der Waals surface area contributed by atoms with Crippen molar-refractivity contribution in [3.8, 4) is 0 Å². The maximum Gasteiger partial charge on any atom is 0.157 e. The molecule has 0 aliphatic carbocycles. The van der Waals surface area contributed by atoms with Crippen LogP contribution in [0.15, 0.2) is 24.3 Å². The molecule has 1 saturated heterocycles. The molecule has 104 valence electrons. The Labute approximate surface area is 118 Å². The summed E-state index contributed by atoms with van der Waals surface area (Å²) in [5, 5.41) is 11.1. The maximum atomic E-state index is 11.3. The van der Waals surface area contributed by atoms with E-state index in [1.54, 1.807) is 24.3 Å². The van der Waals surface area contributed by atoms with E-state index in [0.717, 1.165) is 26.2 Å². The van der Waals surface area contributed by atoms with Crippen LogP contribution in [0.5, 0.6) is 0 Å². The Morgan fingerprint density at radius 3 is 2.63 bits per heavy atom. The Kier molecular flexibility index (Phi) is 4.58. The van der Waals surface area contributed by atoms with Gasteiger partial charge in [-0.2, -0.15) is 0 Å². The average Bonchev–Trinajstić information content (AvgIpc) is 2.41. The highest BCUT2D eigenvalue weighted by Crippen LogP contribution is 2.23. The van der Waals surface area contributed by atoms with Gasteiger partial charge >= 0.3 is 0 Å². The molecule has 4 nitrogen and oxygen atoms in total. The number of rotatable bonds is 4. The zero-order valence-corrected chi connectivity index (χ0v) is 11.8. The van der Waals surface area contributed by atoms with Gasteiger partial charge < -0.3 is 10.0 Å². The van der Waals surface area contributed by atoms with Crippen molar-refractivity contribution in [2.75, 3.05) is 39.8 Å². The van der Waals surface area contributed by atoms with Crippen molar-refractivity contribution < 1.29 is 9.90 Å². The highest BCUT2D eigenvalue weighted by atomic mass is 35.5. The Morgan fingerprint density at radius 2 is 2.05 bits per heavy atom. The monoisotopic (exact) mass is 282 g/mol. The number of hydrogen-bond donors (Lipinski definition) is 1. The highest BCUT2D eigenvalue weighted by molar-refractivity contribution is 6.30. The van der Waals surface area contributed by atoms with Crippen LogP contribution < -0.4 is 0 Å². The number of carbonyl (C=O) groups is 1. The summed E-state index contributed by atoms with van der Waals surface area (Å²) in [5.74, 6) is 0. The van der Waals surface area contributed by atoms with Crippen molar-refractivity contribution in [2.24, 2.45) is 0 Å². The van der Waals surface area contributed by atoms with Gasteiger partial charge in [0.15, 0.2) is 11.9 Å². The van der Waals surface area contributed by atoms with Crippen molar-refractivity contribution in [2.45, 2.75) is 5.60 Å². The van der Waals surface area contributed by atoms with Gasteiger partial charge in [-0.15, -0.1) is 0 Å². The molecule has 0 radical (unpaired) electrons. The molecule has 1 unspecified atom stereocenters. The molecule has 2 rings (SSSR count). The largest absolute Gasteiger partial charge is 0.376 e. The lowest BCUT2D eigenvalue weighted by Gasteiger charge is -2.36. The lowest BCUT2D eigenvalue weighted by atomic mass is 9.94. The smallest absolute Gasteiger partial charge is 0.157 e. The van der Waals surface area contributed by atoms with Crippen molar-refractivity contribution in [3.63, 3.8) is 0 Å². The van der Waals surface area contributed by atoms with Gasteiger partial charge in [0, 0.05) is 37.7 Å². The van der Waals surface area contributed by atoms with Gasteiger partial charge in [-0.3, -0.25) is 9.69 Å². The van der Waals surface area contributed by atoms with Gasteiger partial charge in [0.1, 0.15) is 0 Å². The van der Waals surface area contributed by atoms with E-state index in [-0.39, 0.29) is 0 Å². The summed E-state index contributed by atoms with van der Waals surface area (Å²) in [4.78, 5) is 15.7. The van der Waals surface area contributed by atoms with Crippen molar-refractivity contribution in [1.82, 2.24) is 9.80 Å². The first kappa shape index (κ1) is 14.5. The SMILES string of the molecule is CN1CCN(CC(O)(C=O)c2cccc(Cl)c2)CC1. The number of hydrogen-bond acceptors (Lipinski definition) is 4. The number of likely N-dealkylation sites (N-methyl/N-ethyl adjacent to an activating group) is 1. The molecule has 1 aromatic carbocycles. The van der Waals surface area contributed by atoms with Crippen LogP contribution in [-0.2, 0) is 10.4 Å². The van der Waals surface area contributed by atoms with Crippen LogP contribution in [-0.4, -0.2) is 61.0 Å². The van der Waals surface area contributed by atoms with E-state index in [1.807, 2.05) is 0 Å². The predicted molar refractivity (Wildman–Crippen MR) is 75.3 cm³/mol. The molecule has 0 saturated carbocycles. The van der Waals surface area contributed by atoms with E-state index >= 15 is 0 Å². The first-order chi connectivity index (χ1) is 9.03. The minimum absolute atomic E-state index is 0.310. The van der Waals surface area contributed by atoms with E-state index in [9.17, 15) is 9.90 Å². The molecule has 5 heteroatoms. The lowest BCUT2D eigenvalue weighted by molar-refractivity contribution is -0.127. The first-order valence-corrected chi connectivity index (χ1v) is 6.77. The summed E-state index contributed by atoms with van der Waals surface area (Å²) in [7, 11) is 2.07. The number of nitrogens with zero attached hydrogens (tertiary/aromatic N) is 2. The third-order valence-corrected chi connectivity index (χ3v) is 3.82. The Balaban J connectivity index is 2.12. The first-order valence-electron chi connectivity index (χ1n) is 6.39. The second kappa shape index (κ2) is 6.01. The van der Waals surface area contributed by atoms with Crippen LogP contribution in [0.25, 0.3) is 0 Å². The average molecular weight is 283 g/mol. The van der Waals surface area contributed by atoms with Crippen LogP contribution >= 0.6 is 11.6 Å². The minimum atomic E-state index is -1.49. The minimum Gasteiger partial charge on any atom is -0.376 e. The number of aliphatic hydroxyl groups is 1. The van der Waals surface area contributed by atoms with Gasteiger partial charge in [-0.05, 0) is 24.7 Å². The molecular weight excluding hydrogens is 264 g/mol. The molecule has 0 amide bonds. The summed E-state index contributed by atoms with van der Waals surface area (Å²) >= 11 is 5.92. The number of halogens is 1. The lowest BCUT2D eigenvalue weighted by Crippen LogP contribution is -2.50. The van der Waals surface area contributed by atoms with Crippen LogP contribution in [0.4, 0.5) is 0 Å². The molecule has 1 aromatic rings. The summed E-state index contributed by atoms with van der Waals surface area (Å²) in [6.45, 7) is 3.92. The van der Waals surface area contributed by atoms with Crippen LogP contribution in [0.3, 0.4) is 0 Å². The van der Waals surface area contributed by atoms with Crippen LogP contribution in [0.2, 0.25) is 5.02 Å². The summed E-state index contributed by atoms with van der Waals surface area (Å²) < 4.78 is 0. The number of piperazine rings is 1. The van der Waals surface area contributed by atoms with Gasteiger partial charge in [-0.25, -0.2) is 0 Å². The Bertz CT molecular complexity index is 447. The third kappa shape index (κ3) is 3.54. The van der Waals surface area contributed by atoms with Gasteiger partial charge in [0.25, 0.3) is 0 Å². The molecular formula is C14H19ClN2O2. The fraction of sp³-hybridized carbons (Fsp3) is 0.500. The van der Waals surface area contributed by atoms with Gasteiger partial charge in [0.2, 0.25) is 0 Å². The molecule has 0 spiro atoms. The predicted octanol–water partition coefficient (Wildman–Crippen LogP) is 0.974. The quantitative estimate of drug-likeness (QED) is 0.836. The van der Waals surface area contributed by atoms with Gasteiger partial charge in [-0.1, -0.05) is 23.7 Å². The van der Waals surface area contributed by atoms with E-state index in [1.165, 1.54) is 0 Å². The normalized spacial score (nSPS) is 21.0.